The van der Waals surface area contributed by atoms with Crippen LogP contribution in [-0.2, 0) is 13.0 Å². The molecule has 1 aromatic rings. The highest BCUT2D eigenvalue weighted by Gasteiger charge is 2.25. The van der Waals surface area contributed by atoms with Crippen LogP contribution in [0.2, 0.25) is 0 Å². The van der Waals surface area contributed by atoms with Crippen LogP contribution in [0.3, 0.4) is 0 Å². The Bertz CT molecular complexity index is 399. The number of hydrogen-bond acceptors (Lipinski definition) is 1. The Kier molecular flexibility index (Phi) is 2.83. The first-order valence-corrected chi connectivity index (χ1v) is 6.22. The van der Waals surface area contributed by atoms with E-state index in [2.05, 4.69) is 51.7 Å². The second kappa shape index (κ2) is 3.89. The number of aryl methyl sites for hydroxylation is 2. The first-order chi connectivity index (χ1) is 7.38. The smallest absolute Gasteiger partial charge is 0.0241 e. The SMILES string of the molecule is Cc1cc2c(cc1C)CN(C(C)(C)C)CC2. The maximum Gasteiger partial charge on any atom is 0.0241 e. The van der Waals surface area contributed by atoms with Gasteiger partial charge in [-0.2, -0.15) is 0 Å². The van der Waals surface area contributed by atoms with Gasteiger partial charge in [-0.15, -0.1) is 0 Å². The quantitative estimate of drug-likeness (QED) is 0.643. The van der Waals surface area contributed by atoms with Crippen molar-refractivity contribution in [3.63, 3.8) is 0 Å². The summed E-state index contributed by atoms with van der Waals surface area (Å²) in [6.45, 7) is 13.6. The van der Waals surface area contributed by atoms with Crippen LogP contribution in [0.5, 0.6) is 0 Å². The molecule has 88 valence electrons. The third kappa shape index (κ3) is 2.15. The molecule has 0 saturated heterocycles. The highest BCUT2D eigenvalue weighted by Crippen LogP contribution is 2.26. The lowest BCUT2D eigenvalue weighted by molar-refractivity contribution is 0.121. The molecule has 0 aromatic heterocycles. The predicted octanol–water partition coefficient (Wildman–Crippen LogP) is 3.46. The van der Waals surface area contributed by atoms with Gasteiger partial charge in [0.2, 0.25) is 0 Å². The second-order valence-corrected chi connectivity index (χ2v) is 6.05. The monoisotopic (exact) mass is 217 g/mol. The van der Waals surface area contributed by atoms with Crippen LogP contribution in [0.25, 0.3) is 0 Å². The van der Waals surface area contributed by atoms with Crippen LogP contribution in [0.4, 0.5) is 0 Å². The molecule has 1 aromatic carbocycles. The van der Waals surface area contributed by atoms with Gasteiger partial charge in [0.1, 0.15) is 0 Å². The van der Waals surface area contributed by atoms with Crippen LogP contribution < -0.4 is 0 Å². The summed E-state index contributed by atoms with van der Waals surface area (Å²) in [6.07, 6.45) is 1.20. The molecule has 0 N–H and O–H groups in total. The van der Waals surface area contributed by atoms with Crippen LogP contribution in [0, 0.1) is 13.8 Å². The van der Waals surface area contributed by atoms with Gasteiger partial charge in [0, 0.05) is 18.6 Å². The third-order valence-corrected chi connectivity index (χ3v) is 3.78. The van der Waals surface area contributed by atoms with Crippen molar-refractivity contribution in [1.29, 1.82) is 0 Å². The molecule has 1 heterocycles. The summed E-state index contributed by atoms with van der Waals surface area (Å²) in [5.41, 5.74) is 6.24. The van der Waals surface area contributed by atoms with Crippen LogP contribution in [-0.4, -0.2) is 17.0 Å². The second-order valence-electron chi connectivity index (χ2n) is 6.05. The van der Waals surface area contributed by atoms with E-state index in [9.17, 15) is 0 Å². The summed E-state index contributed by atoms with van der Waals surface area (Å²) >= 11 is 0. The summed E-state index contributed by atoms with van der Waals surface area (Å²) in [4.78, 5) is 2.57. The van der Waals surface area contributed by atoms with E-state index in [4.69, 9.17) is 0 Å². The molecule has 0 saturated carbocycles. The van der Waals surface area contributed by atoms with Gasteiger partial charge in [-0.1, -0.05) is 12.1 Å². The van der Waals surface area contributed by atoms with E-state index in [1.165, 1.54) is 29.7 Å². The zero-order valence-corrected chi connectivity index (χ0v) is 11.2. The molecule has 2 rings (SSSR count). The summed E-state index contributed by atoms with van der Waals surface area (Å²) in [6, 6.07) is 4.76. The van der Waals surface area contributed by atoms with Gasteiger partial charge in [0.05, 0.1) is 0 Å². The molecule has 0 bridgehead atoms. The molecule has 1 heteroatoms. The van der Waals surface area contributed by atoms with Crippen LogP contribution in [0.1, 0.15) is 43.0 Å². The van der Waals surface area contributed by atoms with E-state index in [0.29, 0.717) is 0 Å². The van der Waals surface area contributed by atoms with Crippen LogP contribution >= 0.6 is 0 Å². The first-order valence-electron chi connectivity index (χ1n) is 6.22. The number of benzene rings is 1. The van der Waals surface area contributed by atoms with Gasteiger partial charge in [-0.25, -0.2) is 0 Å². The third-order valence-electron chi connectivity index (χ3n) is 3.78. The van der Waals surface area contributed by atoms with E-state index in [0.717, 1.165) is 6.54 Å². The number of fused-ring (bicyclic) bond motifs is 1. The Morgan fingerprint density at radius 2 is 1.56 bits per heavy atom. The Morgan fingerprint density at radius 1 is 1.00 bits per heavy atom. The lowest BCUT2D eigenvalue weighted by Gasteiger charge is -2.39. The fraction of sp³-hybridized carbons (Fsp3) is 0.600. The predicted molar refractivity (Wildman–Crippen MR) is 69.8 cm³/mol. The average molecular weight is 217 g/mol. The van der Waals surface area contributed by atoms with E-state index in [-0.39, 0.29) is 5.54 Å². The van der Waals surface area contributed by atoms with Gasteiger partial charge in [0.15, 0.2) is 0 Å². The van der Waals surface area contributed by atoms with Crippen molar-refractivity contribution < 1.29 is 0 Å². The van der Waals surface area contributed by atoms with Crippen molar-refractivity contribution in [2.75, 3.05) is 6.54 Å². The molecule has 0 aliphatic carbocycles. The van der Waals surface area contributed by atoms with E-state index in [1.54, 1.807) is 5.56 Å². The molecule has 0 spiro atoms. The molecule has 0 fully saturated rings. The number of rotatable bonds is 0. The van der Waals surface area contributed by atoms with Gasteiger partial charge in [0.25, 0.3) is 0 Å². The van der Waals surface area contributed by atoms with E-state index >= 15 is 0 Å². The van der Waals surface area contributed by atoms with Gasteiger partial charge >= 0.3 is 0 Å². The Morgan fingerprint density at radius 3 is 2.12 bits per heavy atom. The van der Waals surface area contributed by atoms with Crippen molar-refractivity contribution in [2.45, 2.75) is 53.1 Å². The molecule has 16 heavy (non-hydrogen) atoms. The Labute approximate surface area is 99.5 Å². The van der Waals surface area contributed by atoms with E-state index in [1.807, 2.05) is 0 Å². The molecule has 1 aliphatic rings. The minimum absolute atomic E-state index is 0.288. The summed E-state index contributed by atoms with van der Waals surface area (Å²) < 4.78 is 0. The molecule has 0 atom stereocenters. The van der Waals surface area contributed by atoms with Crippen molar-refractivity contribution in [3.05, 3.63) is 34.4 Å². The van der Waals surface area contributed by atoms with Gasteiger partial charge in [-0.3, -0.25) is 4.90 Å². The summed E-state index contributed by atoms with van der Waals surface area (Å²) in [5, 5.41) is 0. The zero-order chi connectivity index (χ0) is 11.9. The largest absolute Gasteiger partial charge is 0.294 e. The van der Waals surface area contributed by atoms with Crippen molar-refractivity contribution in [1.82, 2.24) is 4.90 Å². The average Bonchev–Trinajstić information content (AvgIpc) is 2.17. The number of nitrogens with zero attached hydrogens (tertiary/aromatic N) is 1. The standard InChI is InChI=1S/C15H23N/c1-11-8-13-6-7-16(15(3,4)5)10-14(13)9-12(11)2/h8-9H,6-7,10H2,1-5H3. The minimum Gasteiger partial charge on any atom is -0.294 e. The molecular formula is C15H23N. The van der Waals surface area contributed by atoms with Crippen molar-refractivity contribution in [3.8, 4) is 0 Å². The maximum absolute atomic E-state index is 2.57. The lowest BCUT2D eigenvalue weighted by atomic mass is 9.92. The fourth-order valence-electron chi connectivity index (χ4n) is 2.43. The van der Waals surface area contributed by atoms with E-state index < -0.39 is 0 Å². The van der Waals surface area contributed by atoms with Crippen molar-refractivity contribution >= 4 is 0 Å². The Balaban J connectivity index is 2.31. The summed E-state index contributed by atoms with van der Waals surface area (Å²) in [7, 11) is 0. The van der Waals surface area contributed by atoms with Gasteiger partial charge in [-0.05, 0) is 63.3 Å². The van der Waals surface area contributed by atoms with Gasteiger partial charge < -0.3 is 0 Å². The topological polar surface area (TPSA) is 3.24 Å². The number of hydrogen-bond donors (Lipinski definition) is 0. The molecule has 0 amide bonds. The lowest BCUT2D eigenvalue weighted by Crippen LogP contribution is -2.44. The molecule has 1 nitrogen and oxygen atoms in total. The minimum atomic E-state index is 0.288. The van der Waals surface area contributed by atoms with Crippen LogP contribution in [0.15, 0.2) is 12.1 Å². The van der Waals surface area contributed by atoms with Crippen molar-refractivity contribution in [2.24, 2.45) is 0 Å². The highest BCUT2D eigenvalue weighted by molar-refractivity contribution is 5.38. The first kappa shape index (κ1) is 11.7. The molecule has 1 aliphatic heterocycles. The Hall–Kier alpha value is -0.820. The summed E-state index contributed by atoms with van der Waals surface area (Å²) in [5.74, 6) is 0. The molecular weight excluding hydrogens is 194 g/mol. The molecule has 0 unspecified atom stereocenters. The zero-order valence-electron chi connectivity index (χ0n) is 11.2. The maximum atomic E-state index is 2.57. The normalized spacial score (nSPS) is 17.3. The molecule has 0 radical (unpaired) electrons. The highest BCUT2D eigenvalue weighted by atomic mass is 15.2. The fourth-order valence-corrected chi connectivity index (χ4v) is 2.43.